The Morgan fingerprint density at radius 1 is 1.30 bits per heavy atom. The lowest BCUT2D eigenvalue weighted by atomic mass is 9.60. The van der Waals surface area contributed by atoms with Crippen LogP contribution in [0.15, 0.2) is 29.4 Å². The number of hydrazone groups is 1. The van der Waals surface area contributed by atoms with E-state index < -0.39 is 0 Å². The van der Waals surface area contributed by atoms with E-state index in [1.165, 1.54) is 19.2 Å². The van der Waals surface area contributed by atoms with Crippen molar-refractivity contribution in [3.05, 3.63) is 24.3 Å². The highest BCUT2D eigenvalue weighted by molar-refractivity contribution is 5.90. The second-order valence-corrected chi connectivity index (χ2v) is 8.01. The Morgan fingerprint density at radius 3 is 2.96 bits per heavy atom. The second-order valence-electron chi connectivity index (χ2n) is 8.01. The number of rotatable bonds is 5. The quantitative estimate of drug-likeness (QED) is 0.636. The van der Waals surface area contributed by atoms with Crippen molar-refractivity contribution >= 4 is 17.4 Å². The number of anilines is 1. The fourth-order valence-electron chi connectivity index (χ4n) is 5.54. The standard InChI is InChI=1S/C21H29N3O3/c1-26-18-7-4-3-6-17(18)23-22-16-8-11-21(14-19(25)27-2)10-5-12-24-13-9-15(16)20(21)24/h3-4,6-7,15,20,23H,5,8-14H2,1-2H3/b22-16+/t15-,20-,21+/m0/s1. The minimum Gasteiger partial charge on any atom is -0.495 e. The fraction of sp³-hybridized carbons (Fsp3) is 0.619. The summed E-state index contributed by atoms with van der Waals surface area (Å²) >= 11 is 0. The summed E-state index contributed by atoms with van der Waals surface area (Å²) in [5.74, 6) is 1.14. The van der Waals surface area contributed by atoms with Crippen LogP contribution in [-0.2, 0) is 9.53 Å². The maximum absolute atomic E-state index is 12.1. The molecule has 2 aliphatic heterocycles. The van der Waals surface area contributed by atoms with Crippen molar-refractivity contribution in [3.63, 3.8) is 0 Å². The Hall–Kier alpha value is -2.08. The maximum atomic E-state index is 12.1. The van der Waals surface area contributed by atoms with Gasteiger partial charge in [0, 0.05) is 17.7 Å². The Bertz CT molecular complexity index is 735. The first kappa shape index (κ1) is 18.3. The smallest absolute Gasteiger partial charge is 0.306 e. The average molecular weight is 371 g/mol. The molecule has 3 aliphatic rings. The normalized spacial score (nSPS) is 31.4. The van der Waals surface area contributed by atoms with Crippen molar-refractivity contribution in [3.8, 4) is 5.75 Å². The van der Waals surface area contributed by atoms with Crippen LogP contribution in [-0.4, -0.2) is 49.9 Å². The van der Waals surface area contributed by atoms with Crippen LogP contribution in [0, 0.1) is 11.3 Å². The van der Waals surface area contributed by atoms with E-state index in [0.717, 1.165) is 50.2 Å². The van der Waals surface area contributed by atoms with Crippen LogP contribution in [0.4, 0.5) is 5.69 Å². The number of para-hydroxylation sites is 2. The highest BCUT2D eigenvalue weighted by Crippen LogP contribution is 2.53. The molecule has 27 heavy (non-hydrogen) atoms. The summed E-state index contributed by atoms with van der Waals surface area (Å²) < 4.78 is 10.4. The first-order chi connectivity index (χ1) is 13.2. The van der Waals surface area contributed by atoms with Gasteiger partial charge in [-0.1, -0.05) is 12.1 Å². The summed E-state index contributed by atoms with van der Waals surface area (Å²) in [5.41, 5.74) is 5.40. The number of nitrogens with zero attached hydrogens (tertiary/aromatic N) is 2. The topological polar surface area (TPSA) is 63.2 Å². The zero-order chi connectivity index (χ0) is 18.9. The molecule has 0 bridgehead atoms. The van der Waals surface area contributed by atoms with Gasteiger partial charge in [0.05, 0.1) is 26.3 Å². The molecule has 4 rings (SSSR count). The van der Waals surface area contributed by atoms with Crippen LogP contribution in [0.2, 0.25) is 0 Å². The van der Waals surface area contributed by atoms with Crippen LogP contribution in [0.5, 0.6) is 5.75 Å². The number of ether oxygens (including phenoxy) is 2. The number of methoxy groups -OCH3 is 2. The number of piperidine rings is 1. The van der Waals surface area contributed by atoms with Gasteiger partial charge in [-0.25, -0.2) is 0 Å². The number of esters is 1. The van der Waals surface area contributed by atoms with E-state index in [1.54, 1.807) is 7.11 Å². The molecule has 0 radical (unpaired) electrons. The van der Waals surface area contributed by atoms with Gasteiger partial charge in [-0.2, -0.15) is 5.10 Å². The Kier molecular flexibility index (Phi) is 5.08. The number of carbonyl (C=O) groups is 1. The maximum Gasteiger partial charge on any atom is 0.306 e. The third-order valence-electron chi connectivity index (χ3n) is 6.71. The lowest BCUT2D eigenvalue weighted by Crippen LogP contribution is -2.56. The Balaban J connectivity index is 1.57. The molecule has 0 unspecified atom stereocenters. The third kappa shape index (κ3) is 3.31. The van der Waals surface area contributed by atoms with Gasteiger partial charge in [-0.15, -0.1) is 0 Å². The first-order valence-electron chi connectivity index (χ1n) is 9.93. The van der Waals surface area contributed by atoms with E-state index in [0.29, 0.717) is 18.4 Å². The van der Waals surface area contributed by atoms with Crippen LogP contribution < -0.4 is 10.2 Å². The predicted molar refractivity (Wildman–Crippen MR) is 105 cm³/mol. The molecule has 1 aromatic carbocycles. The number of benzene rings is 1. The van der Waals surface area contributed by atoms with Gasteiger partial charge in [0.15, 0.2) is 0 Å². The molecular weight excluding hydrogens is 342 g/mol. The predicted octanol–water partition coefficient (Wildman–Crippen LogP) is 3.29. The van der Waals surface area contributed by atoms with Crippen LogP contribution >= 0.6 is 0 Å². The molecule has 1 aliphatic carbocycles. The van der Waals surface area contributed by atoms with Crippen molar-refractivity contribution in [1.29, 1.82) is 0 Å². The minimum atomic E-state index is -0.0740. The number of hydrogen-bond donors (Lipinski definition) is 1. The van der Waals surface area contributed by atoms with Gasteiger partial charge in [-0.05, 0) is 62.7 Å². The second kappa shape index (κ2) is 7.50. The largest absolute Gasteiger partial charge is 0.495 e. The Morgan fingerprint density at radius 2 is 2.15 bits per heavy atom. The van der Waals surface area contributed by atoms with Crippen molar-refractivity contribution in [2.45, 2.75) is 44.6 Å². The van der Waals surface area contributed by atoms with Crippen LogP contribution in [0.1, 0.15) is 38.5 Å². The fourth-order valence-corrected chi connectivity index (χ4v) is 5.54. The van der Waals surface area contributed by atoms with Crippen molar-refractivity contribution in [2.24, 2.45) is 16.4 Å². The molecule has 146 valence electrons. The van der Waals surface area contributed by atoms with E-state index in [9.17, 15) is 4.79 Å². The number of hydrogen-bond acceptors (Lipinski definition) is 6. The molecule has 2 heterocycles. The summed E-state index contributed by atoms with van der Waals surface area (Å²) in [6, 6.07) is 8.26. The monoisotopic (exact) mass is 371 g/mol. The minimum absolute atomic E-state index is 0.0516. The van der Waals surface area contributed by atoms with Crippen LogP contribution in [0.3, 0.4) is 0 Å². The van der Waals surface area contributed by atoms with E-state index in [4.69, 9.17) is 14.6 Å². The van der Waals surface area contributed by atoms with E-state index in [1.807, 2.05) is 24.3 Å². The molecule has 6 heteroatoms. The third-order valence-corrected chi connectivity index (χ3v) is 6.71. The highest BCUT2D eigenvalue weighted by atomic mass is 16.5. The molecule has 2 saturated heterocycles. The molecule has 0 aromatic heterocycles. The zero-order valence-corrected chi connectivity index (χ0v) is 16.2. The number of nitrogens with one attached hydrogen (secondary N) is 1. The van der Waals surface area contributed by atoms with E-state index >= 15 is 0 Å². The van der Waals surface area contributed by atoms with Crippen LogP contribution in [0.25, 0.3) is 0 Å². The summed E-state index contributed by atoms with van der Waals surface area (Å²) in [5, 5.41) is 4.81. The summed E-state index contributed by atoms with van der Waals surface area (Å²) in [7, 11) is 3.17. The Labute approximate surface area is 160 Å². The lowest BCUT2D eigenvalue weighted by Gasteiger charge is -2.52. The van der Waals surface area contributed by atoms with Gasteiger partial charge in [0.1, 0.15) is 5.75 Å². The van der Waals surface area contributed by atoms with Gasteiger partial charge in [0.25, 0.3) is 0 Å². The van der Waals surface area contributed by atoms with E-state index in [2.05, 4.69) is 10.3 Å². The highest BCUT2D eigenvalue weighted by Gasteiger charge is 2.55. The summed E-state index contributed by atoms with van der Waals surface area (Å²) in [6.45, 7) is 2.24. The van der Waals surface area contributed by atoms with E-state index in [-0.39, 0.29) is 11.4 Å². The summed E-state index contributed by atoms with van der Waals surface area (Å²) in [6.07, 6.45) is 5.90. The van der Waals surface area contributed by atoms with Gasteiger partial charge < -0.3 is 9.47 Å². The number of carbonyl (C=O) groups excluding carboxylic acids is 1. The molecule has 1 aromatic rings. The molecule has 1 N–H and O–H groups in total. The summed E-state index contributed by atoms with van der Waals surface area (Å²) in [4.78, 5) is 14.7. The molecule has 0 amide bonds. The first-order valence-corrected chi connectivity index (χ1v) is 9.93. The molecule has 6 nitrogen and oxygen atoms in total. The SMILES string of the molecule is COC(=O)C[C@@]12CCCN3CC[C@@H](/C(=N/Nc4ccccc4OC)CC1)[C@H]32. The van der Waals surface area contributed by atoms with Crippen molar-refractivity contribution < 1.29 is 14.3 Å². The van der Waals surface area contributed by atoms with Gasteiger partial charge in [0.2, 0.25) is 0 Å². The van der Waals surface area contributed by atoms with Gasteiger partial charge >= 0.3 is 5.97 Å². The molecule has 1 saturated carbocycles. The lowest BCUT2D eigenvalue weighted by molar-refractivity contribution is -0.146. The van der Waals surface area contributed by atoms with Crippen molar-refractivity contribution in [1.82, 2.24) is 4.90 Å². The van der Waals surface area contributed by atoms with Crippen molar-refractivity contribution in [2.75, 3.05) is 32.7 Å². The zero-order valence-electron chi connectivity index (χ0n) is 16.2. The molecule has 3 fully saturated rings. The molecular formula is C21H29N3O3. The average Bonchev–Trinajstić information content (AvgIpc) is 3.14. The molecule has 3 atom stereocenters. The van der Waals surface area contributed by atoms with Gasteiger partial charge in [-0.3, -0.25) is 15.1 Å². The molecule has 0 spiro atoms.